The van der Waals surface area contributed by atoms with Gasteiger partial charge in [-0.15, -0.1) is 0 Å². The molecule has 0 saturated heterocycles. The molecule has 1 aromatic rings. The van der Waals surface area contributed by atoms with E-state index in [0.717, 1.165) is 6.42 Å². The summed E-state index contributed by atoms with van der Waals surface area (Å²) >= 11 is 0. The van der Waals surface area contributed by atoms with Crippen molar-refractivity contribution in [3.8, 4) is 5.75 Å². The SMILES string of the molecule is COc1cccc(F)c1CCC(C)N. The van der Waals surface area contributed by atoms with E-state index in [2.05, 4.69) is 0 Å². The van der Waals surface area contributed by atoms with Gasteiger partial charge >= 0.3 is 0 Å². The third-order valence-corrected chi connectivity index (χ3v) is 2.15. The van der Waals surface area contributed by atoms with Crippen LogP contribution in [-0.2, 0) is 6.42 Å². The number of methoxy groups -OCH3 is 1. The van der Waals surface area contributed by atoms with Crippen molar-refractivity contribution in [2.45, 2.75) is 25.8 Å². The third kappa shape index (κ3) is 2.70. The first-order valence-corrected chi connectivity index (χ1v) is 4.72. The van der Waals surface area contributed by atoms with Crippen molar-refractivity contribution in [3.05, 3.63) is 29.6 Å². The molecule has 0 fully saturated rings. The van der Waals surface area contributed by atoms with Crippen LogP contribution in [0.15, 0.2) is 18.2 Å². The maximum atomic E-state index is 13.4. The van der Waals surface area contributed by atoms with E-state index in [1.165, 1.54) is 6.07 Å². The summed E-state index contributed by atoms with van der Waals surface area (Å²) in [7, 11) is 1.55. The van der Waals surface area contributed by atoms with Crippen molar-refractivity contribution in [2.24, 2.45) is 5.73 Å². The van der Waals surface area contributed by atoms with Crippen molar-refractivity contribution >= 4 is 0 Å². The zero-order valence-corrected chi connectivity index (χ0v) is 8.59. The summed E-state index contributed by atoms with van der Waals surface area (Å²) < 4.78 is 18.4. The minimum atomic E-state index is -0.218. The fraction of sp³-hybridized carbons (Fsp3) is 0.455. The summed E-state index contributed by atoms with van der Waals surface area (Å²) in [6.45, 7) is 1.91. The van der Waals surface area contributed by atoms with Gasteiger partial charge in [0.25, 0.3) is 0 Å². The molecule has 2 N–H and O–H groups in total. The molecule has 0 spiro atoms. The van der Waals surface area contributed by atoms with Gasteiger partial charge in [-0.25, -0.2) is 4.39 Å². The van der Waals surface area contributed by atoms with Crippen LogP contribution in [0.4, 0.5) is 4.39 Å². The van der Waals surface area contributed by atoms with Crippen LogP contribution >= 0.6 is 0 Å². The Kier molecular flexibility index (Phi) is 3.89. The topological polar surface area (TPSA) is 35.2 Å². The largest absolute Gasteiger partial charge is 0.496 e. The smallest absolute Gasteiger partial charge is 0.130 e. The molecular weight excluding hydrogens is 181 g/mol. The van der Waals surface area contributed by atoms with Crippen LogP contribution in [0.1, 0.15) is 18.9 Å². The Morgan fingerprint density at radius 1 is 1.50 bits per heavy atom. The van der Waals surface area contributed by atoms with Gasteiger partial charge in [-0.1, -0.05) is 6.07 Å². The molecule has 0 aliphatic rings. The lowest BCUT2D eigenvalue weighted by molar-refractivity contribution is 0.403. The number of hydrogen-bond donors (Lipinski definition) is 1. The van der Waals surface area contributed by atoms with Gasteiger partial charge in [0.15, 0.2) is 0 Å². The van der Waals surface area contributed by atoms with Crippen molar-refractivity contribution < 1.29 is 9.13 Å². The first-order chi connectivity index (χ1) is 6.65. The Morgan fingerprint density at radius 2 is 2.21 bits per heavy atom. The number of rotatable bonds is 4. The lowest BCUT2D eigenvalue weighted by Gasteiger charge is -2.10. The van der Waals surface area contributed by atoms with Crippen LogP contribution in [0.3, 0.4) is 0 Å². The summed E-state index contributed by atoms with van der Waals surface area (Å²) in [5.74, 6) is 0.385. The Bertz CT molecular complexity index is 299. The van der Waals surface area contributed by atoms with Gasteiger partial charge in [0, 0.05) is 11.6 Å². The number of benzene rings is 1. The van der Waals surface area contributed by atoms with E-state index in [9.17, 15) is 4.39 Å². The molecule has 1 atom stereocenters. The van der Waals surface area contributed by atoms with Crippen molar-refractivity contribution in [1.29, 1.82) is 0 Å². The molecule has 0 aliphatic heterocycles. The zero-order valence-electron chi connectivity index (χ0n) is 8.59. The highest BCUT2D eigenvalue weighted by atomic mass is 19.1. The standard InChI is InChI=1S/C11H16FNO/c1-8(13)6-7-9-10(12)4-3-5-11(9)14-2/h3-5,8H,6-7,13H2,1-2H3. The van der Waals surface area contributed by atoms with Crippen LogP contribution in [0.2, 0.25) is 0 Å². The minimum absolute atomic E-state index is 0.0827. The van der Waals surface area contributed by atoms with Gasteiger partial charge in [-0.2, -0.15) is 0 Å². The van der Waals surface area contributed by atoms with E-state index >= 15 is 0 Å². The predicted molar refractivity (Wildman–Crippen MR) is 54.9 cm³/mol. The van der Waals surface area contributed by atoms with E-state index in [0.29, 0.717) is 17.7 Å². The fourth-order valence-electron chi connectivity index (χ4n) is 1.34. The lowest BCUT2D eigenvalue weighted by Crippen LogP contribution is -2.15. The van der Waals surface area contributed by atoms with E-state index in [1.807, 2.05) is 6.92 Å². The summed E-state index contributed by atoms with van der Waals surface area (Å²) in [5, 5.41) is 0. The van der Waals surface area contributed by atoms with Crippen LogP contribution < -0.4 is 10.5 Å². The minimum Gasteiger partial charge on any atom is -0.496 e. The van der Waals surface area contributed by atoms with Gasteiger partial charge in [0.1, 0.15) is 11.6 Å². The van der Waals surface area contributed by atoms with Crippen molar-refractivity contribution in [3.63, 3.8) is 0 Å². The molecule has 0 saturated carbocycles. The summed E-state index contributed by atoms with van der Waals surface area (Å²) in [5.41, 5.74) is 6.24. The molecule has 2 nitrogen and oxygen atoms in total. The number of nitrogens with two attached hydrogens (primary N) is 1. The Morgan fingerprint density at radius 3 is 2.79 bits per heavy atom. The van der Waals surface area contributed by atoms with E-state index < -0.39 is 0 Å². The molecule has 1 aromatic carbocycles. The summed E-state index contributed by atoms with van der Waals surface area (Å²) in [6, 6.07) is 4.93. The third-order valence-electron chi connectivity index (χ3n) is 2.15. The van der Waals surface area contributed by atoms with Crippen LogP contribution in [-0.4, -0.2) is 13.2 Å². The van der Waals surface area contributed by atoms with Gasteiger partial charge in [0.2, 0.25) is 0 Å². The van der Waals surface area contributed by atoms with Gasteiger partial charge in [-0.05, 0) is 31.9 Å². The second-order valence-corrected chi connectivity index (χ2v) is 3.44. The number of ether oxygens (including phenoxy) is 1. The Hall–Kier alpha value is -1.09. The van der Waals surface area contributed by atoms with Crippen LogP contribution in [0.25, 0.3) is 0 Å². The average Bonchev–Trinajstić information content (AvgIpc) is 2.15. The van der Waals surface area contributed by atoms with Crippen molar-refractivity contribution in [2.75, 3.05) is 7.11 Å². The number of halogens is 1. The highest BCUT2D eigenvalue weighted by Crippen LogP contribution is 2.22. The quantitative estimate of drug-likeness (QED) is 0.802. The normalized spacial score (nSPS) is 12.6. The zero-order chi connectivity index (χ0) is 10.6. The molecular formula is C11H16FNO. The molecule has 78 valence electrons. The summed E-state index contributed by atoms with van der Waals surface area (Å²) in [4.78, 5) is 0. The highest BCUT2D eigenvalue weighted by molar-refractivity contribution is 5.34. The molecule has 0 aromatic heterocycles. The molecule has 14 heavy (non-hydrogen) atoms. The van der Waals surface area contributed by atoms with Gasteiger partial charge < -0.3 is 10.5 Å². The Labute approximate surface area is 83.9 Å². The van der Waals surface area contributed by atoms with E-state index in [1.54, 1.807) is 19.2 Å². The average molecular weight is 197 g/mol. The monoisotopic (exact) mass is 197 g/mol. The van der Waals surface area contributed by atoms with Crippen LogP contribution in [0, 0.1) is 5.82 Å². The Balaban J connectivity index is 2.82. The van der Waals surface area contributed by atoms with Gasteiger partial charge in [-0.3, -0.25) is 0 Å². The maximum absolute atomic E-state index is 13.4. The molecule has 0 amide bonds. The molecule has 3 heteroatoms. The van der Waals surface area contributed by atoms with E-state index in [4.69, 9.17) is 10.5 Å². The highest BCUT2D eigenvalue weighted by Gasteiger charge is 2.09. The van der Waals surface area contributed by atoms with E-state index in [-0.39, 0.29) is 11.9 Å². The molecule has 0 radical (unpaired) electrons. The molecule has 1 rings (SSSR count). The first-order valence-electron chi connectivity index (χ1n) is 4.72. The molecule has 1 unspecified atom stereocenters. The predicted octanol–water partition coefficient (Wildman–Crippen LogP) is 2.11. The second kappa shape index (κ2) is 4.96. The molecule has 0 aliphatic carbocycles. The van der Waals surface area contributed by atoms with Gasteiger partial charge in [0.05, 0.1) is 7.11 Å². The number of hydrogen-bond acceptors (Lipinski definition) is 2. The molecule has 0 heterocycles. The van der Waals surface area contributed by atoms with Crippen molar-refractivity contribution in [1.82, 2.24) is 0 Å². The summed E-state index contributed by atoms with van der Waals surface area (Å²) in [6.07, 6.45) is 1.38. The van der Waals surface area contributed by atoms with Crippen LogP contribution in [0.5, 0.6) is 5.75 Å². The molecule has 0 bridgehead atoms. The fourth-order valence-corrected chi connectivity index (χ4v) is 1.34. The lowest BCUT2D eigenvalue weighted by atomic mass is 10.1. The second-order valence-electron chi connectivity index (χ2n) is 3.44. The maximum Gasteiger partial charge on any atom is 0.130 e. The first kappa shape index (κ1) is 11.0.